The van der Waals surface area contributed by atoms with Gasteiger partial charge in [-0.3, -0.25) is 4.79 Å². The van der Waals surface area contributed by atoms with Crippen molar-refractivity contribution in [3.8, 4) is 11.3 Å². The molecule has 2 aromatic carbocycles. The lowest BCUT2D eigenvalue weighted by Gasteiger charge is -2.12. The molecule has 0 fully saturated rings. The Kier molecular flexibility index (Phi) is 4.42. The van der Waals surface area contributed by atoms with Crippen LogP contribution in [0.1, 0.15) is 23.7 Å². The number of rotatable bonds is 4. The lowest BCUT2D eigenvalue weighted by atomic mass is 10.0. The van der Waals surface area contributed by atoms with Crippen molar-refractivity contribution in [2.24, 2.45) is 0 Å². The molecule has 0 radical (unpaired) electrons. The molecule has 5 heteroatoms. The zero-order chi connectivity index (χ0) is 17.1. The maximum absolute atomic E-state index is 14.2. The second kappa shape index (κ2) is 6.66. The predicted molar refractivity (Wildman–Crippen MR) is 90.5 cm³/mol. The van der Waals surface area contributed by atoms with E-state index in [0.29, 0.717) is 17.3 Å². The maximum Gasteiger partial charge on any atom is 0.344 e. The van der Waals surface area contributed by atoms with E-state index in [9.17, 15) is 14.0 Å². The third-order valence-electron chi connectivity index (χ3n) is 3.69. The van der Waals surface area contributed by atoms with E-state index in [0.717, 1.165) is 0 Å². The molecule has 0 aliphatic rings. The number of hydrogen-bond acceptors (Lipinski definition) is 3. The first kappa shape index (κ1) is 15.9. The first-order valence-corrected chi connectivity index (χ1v) is 7.70. The number of aromatic amines is 1. The average molecular weight is 325 g/mol. The van der Waals surface area contributed by atoms with Gasteiger partial charge in [0.1, 0.15) is 11.4 Å². The Hall–Kier alpha value is -2.95. The molecule has 3 rings (SSSR count). The summed E-state index contributed by atoms with van der Waals surface area (Å²) in [6.45, 7) is 2.05. The predicted octanol–water partition coefficient (Wildman–Crippen LogP) is 3.90. The molecule has 0 aliphatic heterocycles. The van der Waals surface area contributed by atoms with Crippen molar-refractivity contribution in [3.05, 3.63) is 70.1 Å². The van der Waals surface area contributed by atoms with E-state index in [1.165, 1.54) is 12.1 Å². The van der Waals surface area contributed by atoms with Gasteiger partial charge in [-0.25, -0.2) is 9.18 Å². The third-order valence-corrected chi connectivity index (χ3v) is 3.69. The minimum atomic E-state index is -0.748. The van der Waals surface area contributed by atoms with E-state index in [4.69, 9.17) is 4.74 Å². The molecule has 0 saturated heterocycles. The summed E-state index contributed by atoms with van der Waals surface area (Å²) in [6.07, 6.45) is 0.631. The Morgan fingerprint density at radius 3 is 2.58 bits per heavy atom. The van der Waals surface area contributed by atoms with Crippen LogP contribution in [0.2, 0.25) is 0 Å². The number of carbonyl (C=O) groups is 1. The number of benzene rings is 2. The standard InChI is InChI=1S/C19H16FNO3/c1-2-11-24-19(23)16-17(12-7-3-5-9-14(12)20)21-15-10-6-4-8-13(15)18(16)22/h3-10H,2,11H2,1H3,(H,21,22). The average Bonchev–Trinajstić information content (AvgIpc) is 2.60. The topological polar surface area (TPSA) is 59.2 Å². The van der Waals surface area contributed by atoms with Gasteiger partial charge in [0.25, 0.3) is 0 Å². The zero-order valence-electron chi connectivity index (χ0n) is 13.1. The normalized spacial score (nSPS) is 10.8. The summed E-state index contributed by atoms with van der Waals surface area (Å²) in [5.74, 6) is -1.27. The molecule has 0 saturated carbocycles. The molecule has 0 unspecified atom stereocenters. The number of halogens is 1. The maximum atomic E-state index is 14.2. The molecule has 4 nitrogen and oxygen atoms in total. The highest BCUT2D eigenvalue weighted by molar-refractivity contribution is 6.00. The fourth-order valence-electron chi connectivity index (χ4n) is 2.56. The van der Waals surface area contributed by atoms with Crippen LogP contribution in [0.4, 0.5) is 4.39 Å². The van der Waals surface area contributed by atoms with Gasteiger partial charge in [-0.1, -0.05) is 31.2 Å². The highest BCUT2D eigenvalue weighted by Gasteiger charge is 2.22. The number of ether oxygens (including phenoxy) is 1. The molecule has 3 aromatic rings. The number of para-hydroxylation sites is 1. The number of carbonyl (C=O) groups excluding carboxylic acids is 1. The smallest absolute Gasteiger partial charge is 0.344 e. The Bertz CT molecular complexity index is 962. The van der Waals surface area contributed by atoms with Crippen LogP contribution in [0.3, 0.4) is 0 Å². The summed E-state index contributed by atoms with van der Waals surface area (Å²) in [4.78, 5) is 28.2. The van der Waals surface area contributed by atoms with Gasteiger partial charge in [-0.15, -0.1) is 0 Å². The molecule has 0 aliphatic carbocycles. The van der Waals surface area contributed by atoms with E-state index in [1.807, 2.05) is 6.92 Å². The molecule has 0 atom stereocenters. The monoisotopic (exact) mass is 325 g/mol. The van der Waals surface area contributed by atoms with E-state index < -0.39 is 17.2 Å². The summed E-state index contributed by atoms with van der Waals surface area (Å²) in [7, 11) is 0. The molecule has 0 spiro atoms. The van der Waals surface area contributed by atoms with Gasteiger partial charge in [0.05, 0.1) is 12.3 Å². The van der Waals surface area contributed by atoms with Crippen LogP contribution >= 0.6 is 0 Å². The van der Waals surface area contributed by atoms with Gasteiger partial charge >= 0.3 is 5.97 Å². The van der Waals surface area contributed by atoms with Gasteiger partial charge in [0.2, 0.25) is 5.43 Å². The molecule has 0 amide bonds. The van der Waals surface area contributed by atoms with E-state index in [2.05, 4.69) is 4.98 Å². The van der Waals surface area contributed by atoms with Crippen LogP contribution in [0.5, 0.6) is 0 Å². The van der Waals surface area contributed by atoms with Gasteiger partial charge in [0, 0.05) is 16.5 Å². The molecule has 24 heavy (non-hydrogen) atoms. The molecule has 122 valence electrons. The summed E-state index contributed by atoms with van der Waals surface area (Å²) < 4.78 is 19.4. The summed E-state index contributed by atoms with van der Waals surface area (Å²) in [6, 6.07) is 12.8. The number of esters is 1. The summed E-state index contributed by atoms with van der Waals surface area (Å²) >= 11 is 0. The van der Waals surface area contributed by atoms with Gasteiger partial charge < -0.3 is 9.72 Å². The lowest BCUT2D eigenvalue weighted by Crippen LogP contribution is -2.21. The Labute approximate surface area is 137 Å². The molecule has 0 bridgehead atoms. The first-order chi connectivity index (χ1) is 11.6. The highest BCUT2D eigenvalue weighted by atomic mass is 19.1. The first-order valence-electron chi connectivity index (χ1n) is 7.70. The molecule has 1 heterocycles. The van der Waals surface area contributed by atoms with Crippen molar-refractivity contribution in [2.75, 3.05) is 6.61 Å². The number of hydrogen-bond donors (Lipinski definition) is 1. The highest BCUT2D eigenvalue weighted by Crippen LogP contribution is 2.25. The molecule has 1 aromatic heterocycles. The van der Waals surface area contributed by atoms with Crippen LogP contribution in [0.15, 0.2) is 53.3 Å². The van der Waals surface area contributed by atoms with Crippen LogP contribution in [0, 0.1) is 5.82 Å². The van der Waals surface area contributed by atoms with E-state index in [1.54, 1.807) is 36.4 Å². The SMILES string of the molecule is CCCOC(=O)c1c(-c2ccccc2F)[nH]c2ccccc2c1=O. The lowest BCUT2D eigenvalue weighted by molar-refractivity contribution is 0.0504. The number of nitrogens with one attached hydrogen (secondary N) is 1. The number of aromatic nitrogens is 1. The van der Waals surface area contributed by atoms with Crippen molar-refractivity contribution < 1.29 is 13.9 Å². The van der Waals surface area contributed by atoms with Crippen molar-refractivity contribution >= 4 is 16.9 Å². The minimum absolute atomic E-state index is 0.137. The zero-order valence-corrected chi connectivity index (χ0v) is 13.1. The van der Waals surface area contributed by atoms with Crippen LogP contribution in [0.25, 0.3) is 22.2 Å². The summed E-state index contributed by atoms with van der Waals surface area (Å²) in [5, 5.41) is 0.362. The van der Waals surface area contributed by atoms with E-state index in [-0.39, 0.29) is 23.4 Å². The van der Waals surface area contributed by atoms with Crippen molar-refractivity contribution in [1.82, 2.24) is 4.98 Å². The fraction of sp³-hybridized carbons (Fsp3) is 0.158. The van der Waals surface area contributed by atoms with Crippen LogP contribution in [-0.2, 0) is 4.74 Å². The quantitative estimate of drug-likeness (QED) is 0.740. The van der Waals surface area contributed by atoms with Crippen molar-refractivity contribution in [3.63, 3.8) is 0 Å². The second-order valence-corrected chi connectivity index (χ2v) is 5.37. The molecular weight excluding hydrogens is 309 g/mol. The minimum Gasteiger partial charge on any atom is -0.462 e. The van der Waals surface area contributed by atoms with Crippen molar-refractivity contribution in [1.29, 1.82) is 0 Å². The molecular formula is C19H16FNO3. The Morgan fingerprint density at radius 1 is 1.12 bits per heavy atom. The Morgan fingerprint density at radius 2 is 1.83 bits per heavy atom. The largest absolute Gasteiger partial charge is 0.462 e. The number of H-pyrrole nitrogens is 1. The fourth-order valence-corrected chi connectivity index (χ4v) is 2.56. The summed E-state index contributed by atoms with van der Waals surface area (Å²) in [5.41, 5.74) is 0.186. The van der Waals surface area contributed by atoms with Crippen molar-refractivity contribution in [2.45, 2.75) is 13.3 Å². The van der Waals surface area contributed by atoms with Crippen LogP contribution < -0.4 is 5.43 Å². The van der Waals surface area contributed by atoms with Crippen LogP contribution in [-0.4, -0.2) is 17.6 Å². The number of pyridine rings is 1. The van der Waals surface area contributed by atoms with Gasteiger partial charge in [-0.05, 0) is 30.7 Å². The molecule has 1 N–H and O–H groups in total. The third kappa shape index (κ3) is 2.80. The van der Waals surface area contributed by atoms with E-state index >= 15 is 0 Å². The van der Waals surface area contributed by atoms with Gasteiger partial charge in [-0.2, -0.15) is 0 Å². The Balaban J connectivity index is 2.32. The second-order valence-electron chi connectivity index (χ2n) is 5.37. The van der Waals surface area contributed by atoms with Gasteiger partial charge in [0.15, 0.2) is 0 Å². The number of fused-ring (bicyclic) bond motifs is 1.